The molecule has 5 nitrogen and oxygen atoms in total. The fourth-order valence-electron chi connectivity index (χ4n) is 4.85. The van der Waals surface area contributed by atoms with Crippen LogP contribution in [0.5, 0.6) is 0 Å². The topological polar surface area (TPSA) is 74.7 Å². The Balaban J connectivity index is 1.55. The van der Waals surface area contributed by atoms with Crippen LogP contribution in [-0.4, -0.2) is 43.9 Å². The molecule has 2 bridgehead atoms. The monoisotopic (exact) mass is 355 g/mol. The predicted octanol–water partition coefficient (Wildman–Crippen LogP) is 2.78. The Morgan fingerprint density at radius 3 is 2.43 bits per heavy atom. The van der Waals surface area contributed by atoms with Crippen LogP contribution in [0.2, 0.25) is 5.02 Å². The summed E-state index contributed by atoms with van der Waals surface area (Å²) < 4.78 is 24.2. The predicted molar refractivity (Wildman–Crippen MR) is 85.6 cm³/mol. The number of sulfone groups is 1. The standard InChI is InChI=1S/C16H18ClNO4S/c1-23(21,22)13-4-11(17)2-3-12(13)16-7-15(8-16,9-16)10-5-18(6-10)14(19)20/h2-4,10H,5-9H2,1H3,(H,19,20). The first-order chi connectivity index (χ1) is 10.7. The van der Waals surface area contributed by atoms with Gasteiger partial charge in [-0.2, -0.15) is 0 Å². The van der Waals surface area contributed by atoms with E-state index in [1.165, 1.54) is 11.2 Å². The number of hydrogen-bond donors (Lipinski definition) is 1. The molecule has 4 aliphatic rings. The van der Waals surface area contributed by atoms with Crippen molar-refractivity contribution in [2.24, 2.45) is 11.3 Å². The Kier molecular flexibility index (Phi) is 2.93. The maximum Gasteiger partial charge on any atom is 0.407 e. The van der Waals surface area contributed by atoms with E-state index in [0.29, 0.717) is 28.9 Å². The number of carboxylic acid groups (broad SMARTS) is 1. The highest BCUT2D eigenvalue weighted by Gasteiger charge is 2.72. The van der Waals surface area contributed by atoms with E-state index in [0.717, 1.165) is 24.8 Å². The van der Waals surface area contributed by atoms with Gasteiger partial charge in [0, 0.05) is 30.3 Å². The van der Waals surface area contributed by atoms with Gasteiger partial charge in [-0.05, 0) is 47.8 Å². The largest absolute Gasteiger partial charge is 0.465 e. The van der Waals surface area contributed by atoms with Crippen LogP contribution >= 0.6 is 11.6 Å². The van der Waals surface area contributed by atoms with Gasteiger partial charge in [0.2, 0.25) is 0 Å². The molecule has 0 aromatic heterocycles. The number of hydrogen-bond acceptors (Lipinski definition) is 3. The van der Waals surface area contributed by atoms with Gasteiger partial charge < -0.3 is 10.0 Å². The van der Waals surface area contributed by atoms with Gasteiger partial charge in [-0.1, -0.05) is 17.7 Å². The Hall–Kier alpha value is -1.27. The molecule has 1 aromatic carbocycles. The maximum absolute atomic E-state index is 12.1. The van der Waals surface area contributed by atoms with E-state index in [4.69, 9.17) is 16.7 Å². The lowest BCUT2D eigenvalue weighted by Gasteiger charge is -2.76. The van der Waals surface area contributed by atoms with Crippen molar-refractivity contribution >= 4 is 27.5 Å². The summed E-state index contributed by atoms with van der Waals surface area (Å²) in [7, 11) is -3.31. The van der Waals surface area contributed by atoms with Crippen LogP contribution in [0.15, 0.2) is 23.1 Å². The highest BCUT2D eigenvalue weighted by molar-refractivity contribution is 7.90. The normalized spacial score (nSPS) is 32.7. The molecule has 0 atom stereocenters. The SMILES string of the molecule is CS(=O)(=O)c1cc(Cl)ccc1C12CC(C3CN(C(=O)O)C3)(C1)C2. The van der Waals surface area contributed by atoms with E-state index in [1.807, 2.05) is 6.07 Å². The Bertz CT molecular complexity index is 794. The number of likely N-dealkylation sites (tertiary alicyclic amines) is 1. The van der Waals surface area contributed by atoms with Gasteiger partial charge in [0.1, 0.15) is 0 Å². The van der Waals surface area contributed by atoms with Crippen LogP contribution in [0.25, 0.3) is 0 Å². The first-order valence-electron chi connectivity index (χ1n) is 7.63. The van der Waals surface area contributed by atoms with Gasteiger partial charge in [-0.3, -0.25) is 0 Å². The summed E-state index contributed by atoms with van der Waals surface area (Å²) >= 11 is 5.98. The molecule has 1 amide bonds. The van der Waals surface area contributed by atoms with Crippen LogP contribution in [0.1, 0.15) is 24.8 Å². The summed E-state index contributed by atoms with van der Waals surface area (Å²) in [5.41, 5.74) is 1.06. The molecule has 1 N–H and O–H groups in total. The van der Waals surface area contributed by atoms with E-state index in [2.05, 4.69) is 0 Å². The highest BCUT2D eigenvalue weighted by Crippen LogP contribution is 2.77. The smallest absolute Gasteiger partial charge is 0.407 e. The summed E-state index contributed by atoms with van der Waals surface area (Å²) in [6, 6.07) is 5.16. The first-order valence-corrected chi connectivity index (χ1v) is 9.90. The zero-order chi connectivity index (χ0) is 16.6. The van der Waals surface area contributed by atoms with Crippen molar-refractivity contribution in [3.05, 3.63) is 28.8 Å². The second-order valence-electron chi connectivity index (χ2n) is 7.47. The quantitative estimate of drug-likeness (QED) is 0.904. The average Bonchev–Trinajstić information content (AvgIpc) is 2.27. The molecule has 1 aromatic rings. The minimum absolute atomic E-state index is 0.0490. The summed E-state index contributed by atoms with van der Waals surface area (Å²) in [5.74, 6) is 0.425. The summed E-state index contributed by atoms with van der Waals surface area (Å²) in [6.45, 7) is 1.23. The maximum atomic E-state index is 12.1. The van der Waals surface area contributed by atoms with Crippen molar-refractivity contribution in [3.8, 4) is 0 Å². The molecule has 1 aliphatic heterocycles. The van der Waals surface area contributed by atoms with E-state index in [-0.39, 0.29) is 10.8 Å². The molecule has 3 saturated carbocycles. The zero-order valence-electron chi connectivity index (χ0n) is 12.8. The van der Waals surface area contributed by atoms with Gasteiger partial charge >= 0.3 is 6.09 Å². The number of benzene rings is 1. The molecule has 7 heteroatoms. The number of amides is 1. The molecule has 0 unspecified atom stereocenters. The number of halogens is 1. The van der Waals surface area contributed by atoms with E-state index in [1.54, 1.807) is 12.1 Å². The lowest BCUT2D eigenvalue weighted by atomic mass is 9.30. The molecular formula is C16H18ClNO4S. The average molecular weight is 356 g/mol. The van der Waals surface area contributed by atoms with Gasteiger partial charge in [0.05, 0.1) is 4.90 Å². The van der Waals surface area contributed by atoms with Crippen LogP contribution < -0.4 is 0 Å². The Labute approximate surface area is 140 Å². The number of carbonyl (C=O) groups is 1. The fraction of sp³-hybridized carbons (Fsp3) is 0.562. The van der Waals surface area contributed by atoms with E-state index in [9.17, 15) is 13.2 Å². The van der Waals surface area contributed by atoms with Crippen molar-refractivity contribution in [2.75, 3.05) is 19.3 Å². The molecule has 1 heterocycles. The van der Waals surface area contributed by atoms with Gasteiger partial charge in [-0.25, -0.2) is 13.2 Å². The van der Waals surface area contributed by atoms with Crippen molar-refractivity contribution in [3.63, 3.8) is 0 Å². The molecule has 124 valence electrons. The van der Waals surface area contributed by atoms with Crippen LogP contribution in [0.4, 0.5) is 4.79 Å². The number of rotatable bonds is 3. The van der Waals surface area contributed by atoms with Crippen LogP contribution in [0.3, 0.4) is 0 Å². The van der Waals surface area contributed by atoms with E-state index >= 15 is 0 Å². The summed E-state index contributed by atoms with van der Waals surface area (Å²) in [5, 5.41) is 9.38. The Morgan fingerprint density at radius 2 is 1.91 bits per heavy atom. The van der Waals surface area contributed by atoms with Crippen molar-refractivity contribution < 1.29 is 18.3 Å². The molecule has 23 heavy (non-hydrogen) atoms. The molecule has 3 aliphatic carbocycles. The summed E-state index contributed by atoms with van der Waals surface area (Å²) in [4.78, 5) is 12.7. The third-order valence-electron chi connectivity index (χ3n) is 6.00. The lowest BCUT2D eigenvalue weighted by molar-refractivity contribution is -0.208. The second-order valence-corrected chi connectivity index (χ2v) is 9.89. The van der Waals surface area contributed by atoms with Gasteiger partial charge in [0.25, 0.3) is 0 Å². The van der Waals surface area contributed by atoms with Crippen molar-refractivity contribution in [1.29, 1.82) is 0 Å². The third kappa shape index (κ3) is 2.04. The Morgan fingerprint density at radius 1 is 1.30 bits per heavy atom. The minimum Gasteiger partial charge on any atom is -0.465 e. The molecular weight excluding hydrogens is 338 g/mol. The molecule has 5 rings (SSSR count). The first kappa shape index (κ1) is 15.3. The second kappa shape index (κ2) is 4.42. The van der Waals surface area contributed by atoms with Gasteiger partial charge in [-0.15, -0.1) is 0 Å². The molecule has 4 fully saturated rings. The van der Waals surface area contributed by atoms with Crippen LogP contribution in [0, 0.1) is 11.3 Å². The molecule has 0 radical (unpaired) electrons. The fourth-order valence-corrected chi connectivity index (χ4v) is 6.11. The minimum atomic E-state index is -3.31. The van der Waals surface area contributed by atoms with E-state index < -0.39 is 15.9 Å². The van der Waals surface area contributed by atoms with Crippen molar-refractivity contribution in [1.82, 2.24) is 4.90 Å². The van der Waals surface area contributed by atoms with Crippen molar-refractivity contribution in [2.45, 2.75) is 29.6 Å². The zero-order valence-corrected chi connectivity index (χ0v) is 14.3. The number of nitrogens with zero attached hydrogens (tertiary/aromatic N) is 1. The highest BCUT2D eigenvalue weighted by atomic mass is 35.5. The molecule has 0 spiro atoms. The van der Waals surface area contributed by atoms with Crippen LogP contribution in [-0.2, 0) is 15.3 Å². The summed E-state index contributed by atoms with van der Waals surface area (Å²) in [6.07, 6.45) is 3.26. The van der Waals surface area contributed by atoms with Gasteiger partial charge in [0.15, 0.2) is 9.84 Å². The third-order valence-corrected chi connectivity index (χ3v) is 7.38. The molecule has 1 saturated heterocycles. The lowest BCUT2D eigenvalue weighted by Crippen LogP contribution is -2.73.